The van der Waals surface area contributed by atoms with Gasteiger partial charge in [0.25, 0.3) is 0 Å². The van der Waals surface area contributed by atoms with E-state index in [4.69, 9.17) is 4.74 Å². The quantitative estimate of drug-likeness (QED) is 0.609. The maximum Gasteiger partial charge on any atom is 0.0593 e. The highest BCUT2D eigenvalue weighted by Crippen LogP contribution is 2.20. The molecule has 1 N–H and O–H groups in total. The molecule has 1 unspecified atom stereocenters. The van der Waals surface area contributed by atoms with Crippen LogP contribution in [0.4, 0.5) is 0 Å². The summed E-state index contributed by atoms with van der Waals surface area (Å²) in [6.07, 6.45) is 2.28. The monoisotopic (exact) mass is 356 g/mol. The molecular weight excluding hydrogens is 328 g/mol. The summed E-state index contributed by atoms with van der Waals surface area (Å²) in [6.45, 7) is 8.99. The second-order valence-corrected chi connectivity index (χ2v) is 6.26. The third kappa shape index (κ3) is 7.96. The summed E-state index contributed by atoms with van der Waals surface area (Å²) in [4.78, 5) is 2.34. The SMILES string of the molecule is CCCNC(CCN(C)CCOCC)c1ccc(Br)cc1. The van der Waals surface area contributed by atoms with Crippen molar-refractivity contribution in [2.45, 2.75) is 32.7 Å². The van der Waals surface area contributed by atoms with Crippen LogP contribution in [0.25, 0.3) is 0 Å². The number of benzene rings is 1. The molecule has 0 aliphatic carbocycles. The van der Waals surface area contributed by atoms with Gasteiger partial charge in [0.2, 0.25) is 0 Å². The van der Waals surface area contributed by atoms with E-state index >= 15 is 0 Å². The van der Waals surface area contributed by atoms with Crippen molar-refractivity contribution < 1.29 is 4.74 Å². The number of ether oxygens (including phenoxy) is 1. The van der Waals surface area contributed by atoms with Gasteiger partial charge in [0.05, 0.1) is 6.61 Å². The molecule has 0 saturated heterocycles. The van der Waals surface area contributed by atoms with E-state index in [1.165, 1.54) is 5.56 Å². The zero-order valence-electron chi connectivity index (χ0n) is 13.6. The van der Waals surface area contributed by atoms with Crippen LogP contribution in [0.3, 0.4) is 0 Å². The molecule has 1 aromatic carbocycles. The second-order valence-electron chi connectivity index (χ2n) is 5.35. The summed E-state index contributed by atoms with van der Waals surface area (Å²) < 4.78 is 6.54. The van der Waals surface area contributed by atoms with Gasteiger partial charge in [-0.2, -0.15) is 0 Å². The summed E-state index contributed by atoms with van der Waals surface area (Å²) in [7, 11) is 2.16. The van der Waals surface area contributed by atoms with Gasteiger partial charge in [0, 0.05) is 23.7 Å². The summed E-state index contributed by atoms with van der Waals surface area (Å²) >= 11 is 3.50. The minimum absolute atomic E-state index is 0.424. The molecule has 0 heterocycles. The Morgan fingerprint density at radius 2 is 1.90 bits per heavy atom. The molecule has 1 rings (SSSR count). The van der Waals surface area contributed by atoms with Crippen LogP contribution in [0.15, 0.2) is 28.7 Å². The number of nitrogens with one attached hydrogen (secondary N) is 1. The van der Waals surface area contributed by atoms with Crippen LogP contribution >= 0.6 is 15.9 Å². The lowest BCUT2D eigenvalue weighted by molar-refractivity contribution is 0.121. The van der Waals surface area contributed by atoms with Gasteiger partial charge in [-0.05, 0) is 57.6 Å². The average Bonchev–Trinajstić information content (AvgIpc) is 2.49. The Morgan fingerprint density at radius 1 is 1.19 bits per heavy atom. The summed E-state index contributed by atoms with van der Waals surface area (Å²) in [5.41, 5.74) is 1.37. The smallest absolute Gasteiger partial charge is 0.0593 e. The van der Waals surface area contributed by atoms with Gasteiger partial charge in [-0.3, -0.25) is 0 Å². The van der Waals surface area contributed by atoms with Gasteiger partial charge in [0.15, 0.2) is 0 Å². The van der Waals surface area contributed by atoms with Crippen molar-refractivity contribution in [3.8, 4) is 0 Å². The number of rotatable bonds is 11. The molecule has 0 aliphatic heterocycles. The fourth-order valence-corrected chi connectivity index (χ4v) is 2.49. The van der Waals surface area contributed by atoms with Gasteiger partial charge in [-0.25, -0.2) is 0 Å². The first-order chi connectivity index (χ1) is 10.2. The summed E-state index contributed by atoms with van der Waals surface area (Å²) in [5, 5.41) is 3.65. The van der Waals surface area contributed by atoms with E-state index in [0.29, 0.717) is 6.04 Å². The predicted octanol–water partition coefficient (Wildman–Crippen LogP) is 3.85. The van der Waals surface area contributed by atoms with E-state index < -0.39 is 0 Å². The van der Waals surface area contributed by atoms with Gasteiger partial charge in [0.1, 0.15) is 0 Å². The highest BCUT2D eigenvalue weighted by atomic mass is 79.9. The van der Waals surface area contributed by atoms with Crippen molar-refractivity contribution >= 4 is 15.9 Å². The Morgan fingerprint density at radius 3 is 2.52 bits per heavy atom. The van der Waals surface area contributed by atoms with Crippen LogP contribution in [0, 0.1) is 0 Å². The molecule has 4 heteroatoms. The molecule has 0 radical (unpaired) electrons. The molecular formula is C17H29BrN2O. The van der Waals surface area contributed by atoms with E-state index in [9.17, 15) is 0 Å². The predicted molar refractivity (Wildman–Crippen MR) is 93.8 cm³/mol. The van der Waals surface area contributed by atoms with Crippen molar-refractivity contribution in [2.75, 3.05) is 39.9 Å². The van der Waals surface area contributed by atoms with E-state index in [1.807, 2.05) is 6.92 Å². The maximum atomic E-state index is 5.41. The lowest BCUT2D eigenvalue weighted by Gasteiger charge is -2.23. The first kappa shape index (κ1) is 18.6. The molecule has 0 aromatic heterocycles. The van der Waals surface area contributed by atoms with Gasteiger partial charge < -0.3 is 15.0 Å². The van der Waals surface area contributed by atoms with Gasteiger partial charge >= 0.3 is 0 Å². The number of likely N-dealkylation sites (N-methyl/N-ethyl adjacent to an activating group) is 1. The van der Waals surface area contributed by atoms with Crippen molar-refractivity contribution in [1.82, 2.24) is 10.2 Å². The van der Waals surface area contributed by atoms with Gasteiger partial charge in [-0.1, -0.05) is 35.0 Å². The topological polar surface area (TPSA) is 24.5 Å². The molecule has 0 bridgehead atoms. The Balaban J connectivity index is 2.47. The normalized spacial score (nSPS) is 12.8. The Bertz CT molecular complexity index is 370. The maximum absolute atomic E-state index is 5.41. The third-order valence-corrected chi connectivity index (χ3v) is 4.06. The van der Waals surface area contributed by atoms with Crippen LogP contribution in [0.1, 0.15) is 38.3 Å². The first-order valence-corrected chi connectivity index (χ1v) is 8.71. The summed E-state index contributed by atoms with van der Waals surface area (Å²) in [5.74, 6) is 0. The number of hydrogen-bond donors (Lipinski definition) is 1. The zero-order chi connectivity index (χ0) is 15.5. The Labute approximate surface area is 138 Å². The van der Waals surface area contributed by atoms with Crippen LogP contribution in [0.5, 0.6) is 0 Å². The van der Waals surface area contributed by atoms with Crippen molar-refractivity contribution in [1.29, 1.82) is 0 Å². The molecule has 0 amide bonds. The first-order valence-electron chi connectivity index (χ1n) is 7.92. The molecule has 0 spiro atoms. The molecule has 1 atom stereocenters. The molecule has 21 heavy (non-hydrogen) atoms. The fraction of sp³-hybridized carbons (Fsp3) is 0.647. The molecule has 0 fully saturated rings. The van der Waals surface area contributed by atoms with E-state index in [0.717, 1.165) is 50.2 Å². The fourth-order valence-electron chi connectivity index (χ4n) is 2.23. The lowest BCUT2D eigenvalue weighted by atomic mass is 10.0. The summed E-state index contributed by atoms with van der Waals surface area (Å²) in [6, 6.07) is 9.08. The Kier molecular flexibility index (Phi) is 9.92. The second kappa shape index (κ2) is 11.2. The molecule has 0 saturated carbocycles. The standard InChI is InChI=1S/C17H29BrN2O/c1-4-11-19-17(15-6-8-16(18)9-7-15)10-12-20(3)13-14-21-5-2/h6-9,17,19H,4-5,10-14H2,1-3H3. The number of halogens is 1. The largest absolute Gasteiger partial charge is 0.380 e. The van der Waals surface area contributed by atoms with Gasteiger partial charge in [-0.15, -0.1) is 0 Å². The van der Waals surface area contributed by atoms with Crippen LogP contribution in [-0.4, -0.2) is 44.8 Å². The average molecular weight is 357 g/mol. The van der Waals surface area contributed by atoms with Crippen LogP contribution in [-0.2, 0) is 4.74 Å². The molecule has 0 aliphatic rings. The zero-order valence-corrected chi connectivity index (χ0v) is 15.2. The van der Waals surface area contributed by atoms with Crippen LogP contribution in [0.2, 0.25) is 0 Å². The molecule has 1 aromatic rings. The van der Waals surface area contributed by atoms with E-state index in [1.54, 1.807) is 0 Å². The number of hydrogen-bond acceptors (Lipinski definition) is 3. The Hall–Kier alpha value is -0.420. The third-order valence-electron chi connectivity index (χ3n) is 3.53. The minimum Gasteiger partial charge on any atom is -0.380 e. The van der Waals surface area contributed by atoms with Crippen LogP contribution < -0.4 is 5.32 Å². The highest BCUT2D eigenvalue weighted by molar-refractivity contribution is 9.10. The lowest BCUT2D eigenvalue weighted by Crippen LogP contribution is -2.29. The van der Waals surface area contributed by atoms with E-state index in [2.05, 4.69) is 64.4 Å². The van der Waals surface area contributed by atoms with Crippen molar-refractivity contribution in [3.63, 3.8) is 0 Å². The van der Waals surface area contributed by atoms with Crippen molar-refractivity contribution in [3.05, 3.63) is 34.3 Å². The highest BCUT2D eigenvalue weighted by Gasteiger charge is 2.11. The van der Waals surface area contributed by atoms with E-state index in [-0.39, 0.29) is 0 Å². The molecule has 3 nitrogen and oxygen atoms in total. The number of nitrogens with zero attached hydrogens (tertiary/aromatic N) is 1. The minimum atomic E-state index is 0.424. The van der Waals surface area contributed by atoms with Crippen molar-refractivity contribution in [2.24, 2.45) is 0 Å². The molecule has 120 valence electrons.